The zero-order valence-corrected chi connectivity index (χ0v) is 12.1. The summed E-state index contributed by atoms with van der Waals surface area (Å²) < 4.78 is 16.0. The van der Waals surface area contributed by atoms with Crippen LogP contribution in [0.25, 0.3) is 0 Å². The molecule has 19 heavy (non-hydrogen) atoms. The molecule has 0 saturated heterocycles. The Kier molecular flexibility index (Phi) is 9.23. The molecule has 0 saturated carbocycles. The van der Waals surface area contributed by atoms with Gasteiger partial charge in [-0.15, -0.1) is 11.6 Å². The van der Waals surface area contributed by atoms with Gasteiger partial charge in [-0.1, -0.05) is 6.07 Å². The summed E-state index contributed by atoms with van der Waals surface area (Å²) in [6.45, 7) is 2.61. The SMILES string of the molecule is S=C=Nc1cccc(OCCOCCOCCCl)c1. The molecule has 0 fully saturated rings. The summed E-state index contributed by atoms with van der Waals surface area (Å²) in [5, 5.41) is 2.32. The molecule has 0 aliphatic heterocycles. The number of halogens is 1. The van der Waals surface area contributed by atoms with Crippen LogP contribution in [0.4, 0.5) is 5.69 Å². The Morgan fingerprint density at radius 1 is 1.11 bits per heavy atom. The fourth-order valence-corrected chi connectivity index (χ4v) is 1.51. The van der Waals surface area contributed by atoms with E-state index in [9.17, 15) is 0 Å². The van der Waals surface area contributed by atoms with Crippen LogP contribution in [0, 0.1) is 0 Å². The maximum Gasteiger partial charge on any atom is 0.121 e. The molecular formula is C13H16ClNO3S. The van der Waals surface area contributed by atoms with Crippen LogP contribution in [-0.2, 0) is 9.47 Å². The van der Waals surface area contributed by atoms with Crippen molar-refractivity contribution in [2.45, 2.75) is 0 Å². The summed E-state index contributed by atoms with van der Waals surface area (Å²) in [7, 11) is 0. The number of nitrogens with zero attached hydrogens (tertiary/aromatic N) is 1. The summed E-state index contributed by atoms with van der Waals surface area (Å²) in [6, 6.07) is 7.33. The topological polar surface area (TPSA) is 40.0 Å². The van der Waals surface area contributed by atoms with Crippen LogP contribution in [0.15, 0.2) is 29.3 Å². The molecule has 1 rings (SSSR count). The molecule has 0 heterocycles. The minimum Gasteiger partial charge on any atom is -0.491 e. The zero-order chi connectivity index (χ0) is 13.8. The highest BCUT2D eigenvalue weighted by atomic mass is 35.5. The molecule has 0 spiro atoms. The lowest BCUT2D eigenvalue weighted by molar-refractivity contribution is 0.0410. The molecule has 4 nitrogen and oxygen atoms in total. The highest BCUT2D eigenvalue weighted by Gasteiger charge is 1.96. The van der Waals surface area contributed by atoms with Crippen molar-refractivity contribution in [3.63, 3.8) is 0 Å². The Hall–Kier alpha value is -0.970. The highest BCUT2D eigenvalue weighted by molar-refractivity contribution is 7.78. The summed E-state index contributed by atoms with van der Waals surface area (Å²) >= 11 is 10.0. The van der Waals surface area contributed by atoms with E-state index >= 15 is 0 Å². The molecule has 0 amide bonds. The molecule has 0 aromatic heterocycles. The van der Waals surface area contributed by atoms with Gasteiger partial charge in [0, 0.05) is 11.9 Å². The highest BCUT2D eigenvalue weighted by Crippen LogP contribution is 2.19. The smallest absolute Gasteiger partial charge is 0.121 e. The number of ether oxygens (including phenoxy) is 3. The van der Waals surface area contributed by atoms with Crippen molar-refractivity contribution in [2.24, 2.45) is 4.99 Å². The van der Waals surface area contributed by atoms with Crippen molar-refractivity contribution in [3.8, 4) is 5.75 Å². The molecule has 0 aliphatic rings. The van der Waals surface area contributed by atoms with Crippen molar-refractivity contribution >= 4 is 34.7 Å². The van der Waals surface area contributed by atoms with E-state index < -0.39 is 0 Å². The predicted molar refractivity (Wildman–Crippen MR) is 79.0 cm³/mol. The molecule has 0 N–H and O–H groups in total. The van der Waals surface area contributed by atoms with E-state index in [0.29, 0.717) is 38.9 Å². The van der Waals surface area contributed by atoms with Gasteiger partial charge in [0.05, 0.1) is 37.3 Å². The molecule has 0 aliphatic carbocycles. The molecule has 0 bridgehead atoms. The first-order valence-electron chi connectivity index (χ1n) is 5.89. The number of hydrogen-bond donors (Lipinski definition) is 0. The van der Waals surface area contributed by atoms with E-state index in [1.54, 1.807) is 6.07 Å². The fraction of sp³-hybridized carbons (Fsp3) is 0.462. The van der Waals surface area contributed by atoms with Crippen LogP contribution in [0.5, 0.6) is 5.75 Å². The lowest BCUT2D eigenvalue weighted by atomic mass is 10.3. The van der Waals surface area contributed by atoms with Crippen molar-refractivity contribution in [1.29, 1.82) is 0 Å². The average molecular weight is 302 g/mol. The standard InChI is InChI=1S/C13H16ClNO3S/c14-4-5-16-6-7-17-8-9-18-13-3-1-2-12(10-13)15-11-19/h1-3,10H,4-9H2. The maximum atomic E-state index is 5.51. The first-order valence-corrected chi connectivity index (χ1v) is 6.83. The van der Waals surface area contributed by atoms with Crippen molar-refractivity contribution in [1.82, 2.24) is 0 Å². The lowest BCUT2D eigenvalue weighted by Crippen LogP contribution is -2.11. The van der Waals surface area contributed by atoms with Crippen LogP contribution < -0.4 is 4.74 Å². The van der Waals surface area contributed by atoms with E-state index in [1.807, 2.05) is 18.2 Å². The average Bonchev–Trinajstić information content (AvgIpc) is 2.43. The van der Waals surface area contributed by atoms with Crippen molar-refractivity contribution in [2.75, 3.05) is 38.9 Å². The Morgan fingerprint density at radius 3 is 2.58 bits per heavy atom. The number of benzene rings is 1. The van der Waals surface area contributed by atoms with Crippen LogP contribution in [0.1, 0.15) is 0 Å². The monoisotopic (exact) mass is 301 g/mol. The third-order valence-electron chi connectivity index (χ3n) is 2.08. The molecule has 6 heteroatoms. The maximum absolute atomic E-state index is 5.51. The van der Waals surface area contributed by atoms with Gasteiger partial charge in [0.25, 0.3) is 0 Å². The summed E-state index contributed by atoms with van der Waals surface area (Å²) in [5.41, 5.74) is 0.725. The van der Waals surface area contributed by atoms with Crippen LogP contribution in [0.3, 0.4) is 0 Å². The fourth-order valence-electron chi connectivity index (χ4n) is 1.29. The van der Waals surface area contributed by atoms with Crippen LogP contribution in [0.2, 0.25) is 0 Å². The van der Waals surface area contributed by atoms with E-state index in [4.69, 9.17) is 25.8 Å². The first kappa shape index (κ1) is 16.1. The van der Waals surface area contributed by atoms with E-state index in [1.165, 1.54) is 0 Å². The van der Waals surface area contributed by atoms with Gasteiger partial charge >= 0.3 is 0 Å². The van der Waals surface area contributed by atoms with Gasteiger partial charge < -0.3 is 14.2 Å². The van der Waals surface area contributed by atoms with Gasteiger partial charge in [0.1, 0.15) is 12.4 Å². The quantitative estimate of drug-likeness (QED) is 0.288. The van der Waals surface area contributed by atoms with Gasteiger partial charge in [-0.05, 0) is 24.4 Å². The first-order chi connectivity index (χ1) is 9.36. The number of alkyl halides is 1. The molecule has 1 aromatic carbocycles. The number of aliphatic imine (C=N–C) groups is 1. The Bertz CT molecular complexity index is 411. The third kappa shape index (κ3) is 7.93. The summed E-state index contributed by atoms with van der Waals surface area (Å²) in [6.07, 6.45) is 0. The Morgan fingerprint density at radius 2 is 1.84 bits per heavy atom. The molecule has 0 atom stereocenters. The lowest BCUT2D eigenvalue weighted by Gasteiger charge is -2.07. The van der Waals surface area contributed by atoms with Gasteiger partial charge in [0.15, 0.2) is 0 Å². The minimum absolute atomic E-state index is 0.472. The second-order valence-electron chi connectivity index (χ2n) is 3.46. The van der Waals surface area contributed by atoms with Crippen molar-refractivity contribution < 1.29 is 14.2 Å². The number of hydrogen-bond acceptors (Lipinski definition) is 5. The molecule has 104 valence electrons. The second kappa shape index (κ2) is 10.9. The molecular weight excluding hydrogens is 286 g/mol. The third-order valence-corrected chi connectivity index (χ3v) is 2.33. The van der Waals surface area contributed by atoms with Crippen molar-refractivity contribution in [3.05, 3.63) is 24.3 Å². The van der Waals surface area contributed by atoms with E-state index in [-0.39, 0.29) is 0 Å². The number of isothiocyanates is 1. The number of rotatable bonds is 10. The Balaban J connectivity index is 2.12. The van der Waals surface area contributed by atoms with Crippen LogP contribution in [-0.4, -0.2) is 44.1 Å². The van der Waals surface area contributed by atoms with Crippen LogP contribution >= 0.6 is 23.8 Å². The normalized spacial score (nSPS) is 9.95. The summed E-state index contributed by atoms with van der Waals surface area (Å²) in [4.78, 5) is 3.88. The molecule has 0 unspecified atom stereocenters. The zero-order valence-electron chi connectivity index (χ0n) is 10.5. The van der Waals surface area contributed by atoms with Gasteiger partial charge in [-0.2, -0.15) is 4.99 Å². The van der Waals surface area contributed by atoms with E-state index in [2.05, 4.69) is 22.4 Å². The predicted octanol–water partition coefficient (Wildman–Crippen LogP) is 3.07. The van der Waals surface area contributed by atoms with Gasteiger partial charge in [0.2, 0.25) is 0 Å². The largest absolute Gasteiger partial charge is 0.491 e. The van der Waals surface area contributed by atoms with Gasteiger partial charge in [-0.3, -0.25) is 0 Å². The van der Waals surface area contributed by atoms with Gasteiger partial charge in [-0.25, -0.2) is 0 Å². The molecule has 0 radical (unpaired) electrons. The number of thiocarbonyl (C=S) groups is 1. The van der Waals surface area contributed by atoms with E-state index in [0.717, 1.165) is 11.4 Å². The summed E-state index contributed by atoms with van der Waals surface area (Å²) in [5.74, 6) is 1.23. The Labute approximate surface area is 123 Å². The second-order valence-corrected chi connectivity index (χ2v) is 4.02. The molecule has 1 aromatic rings. The minimum atomic E-state index is 0.472.